The van der Waals surface area contributed by atoms with Crippen molar-refractivity contribution in [2.24, 2.45) is 16.6 Å². The molecule has 3 N–H and O–H groups in total. The van der Waals surface area contributed by atoms with Crippen molar-refractivity contribution in [3.63, 3.8) is 0 Å². The molecule has 7 heteroatoms. The number of likely N-dealkylation sites (tertiary alicyclic amines) is 1. The average molecular weight is 348 g/mol. The summed E-state index contributed by atoms with van der Waals surface area (Å²) in [6.07, 6.45) is 0.641. The Bertz CT molecular complexity index is 608. The number of amides is 1. The van der Waals surface area contributed by atoms with E-state index in [0.29, 0.717) is 31.5 Å². The van der Waals surface area contributed by atoms with Crippen molar-refractivity contribution in [1.82, 2.24) is 4.90 Å². The van der Waals surface area contributed by atoms with E-state index in [4.69, 9.17) is 15.2 Å². The van der Waals surface area contributed by atoms with Gasteiger partial charge in [-0.15, -0.1) is 0 Å². The van der Waals surface area contributed by atoms with Crippen molar-refractivity contribution in [1.29, 1.82) is 0 Å². The van der Waals surface area contributed by atoms with E-state index in [-0.39, 0.29) is 6.09 Å². The van der Waals surface area contributed by atoms with Gasteiger partial charge < -0.3 is 25.4 Å². The number of carbonyl (C=O) groups is 1. The summed E-state index contributed by atoms with van der Waals surface area (Å²) in [6, 6.07) is 7.46. The van der Waals surface area contributed by atoms with Gasteiger partial charge in [0.15, 0.2) is 5.96 Å². The fourth-order valence-electron chi connectivity index (χ4n) is 2.56. The smallest absolute Gasteiger partial charge is 0.410 e. The second-order valence-electron chi connectivity index (χ2n) is 7.16. The second kappa shape index (κ2) is 8.09. The molecule has 1 unspecified atom stereocenters. The maximum absolute atomic E-state index is 12.1. The first kappa shape index (κ1) is 18.9. The summed E-state index contributed by atoms with van der Waals surface area (Å²) in [7, 11) is 1.63. The summed E-state index contributed by atoms with van der Waals surface area (Å²) >= 11 is 0. The van der Waals surface area contributed by atoms with Crippen LogP contribution in [-0.4, -0.2) is 49.3 Å². The predicted molar refractivity (Wildman–Crippen MR) is 99.0 cm³/mol. The lowest BCUT2D eigenvalue weighted by molar-refractivity contribution is 0.0289. The molecule has 1 aromatic carbocycles. The number of ether oxygens (including phenoxy) is 2. The molecule has 1 fully saturated rings. The van der Waals surface area contributed by atoms with Crippen LogP contribution in [0.15, 0.2) is 29.3 Å². The van der Waals surface area contributed by atoms with Gasteiger partial charge in [0.2, 0.25) is 0 Å². The first-order chi connectivity index (χ1) is 11.8. The molecule has 0 saturated carbocycles. The molecule has 138 valence electrons. The zero-order valence-corrected chi connectivity index (χ0v) is 15.4. The molecule has 1 amide bonds. The van der Waals surface area contributed by atoms with Crippen molar-refractivity contribution in [3.05, 3.63) is 24.3 Å². The molecule has 0 spiro atoms. The van der Waals surface area contributed by atoms with Gasteiger partial charge in [-0.25, -0.2) is 4.79 Å². The number of aliphatic imine (C=N–C) groups is 1. The van der Waals surface area contributed by atoms with Gasteiger partial charge in [0.1, 0.15) is 11.4 Å². The summed E-state index contributed by atoms with van der Waals surface area (Å²) in [5.41, 5.74) is 6.31. The number of carbonyl (C=O) groups excluding carboxylic acids is 1. The average Bonchev–Trinajstić information content (AvgIpc) is 3.01. The number of methoxy groups -OCH3 is 1. The summed E-state index contributed by atoms with van der Waals surface area (Å²) in [5.74, 6) is 1.44. The van der Waals surface area contributed by atoms with Crippen molar-refractivity contribution < 1.29 is 14.3 Å². The number of nitrogens with two attached hydrogens (primary N) is 1. The van der Waals surface area contributed by atoms with E-state index in [2.05, 4.69) is 10.3 Å². The number of rotatable bonds is 4. The Balaban J connectivity index is 1.80. The highest BCUT2D eigenvalue weighted by Crippen LogP contribution is 2.20. The first-order valence-electron chi connectivity index (χ1n) is 8.46. The Hall–Kier alpha value is -2.44. The SMILES string of the molecule is COc1ccc(NC(N)=NCC2CCN(C(=O)OC(C)(C)C)C2)cc1. The molecule has 1 aliphatic rings. The van der Waals surface area contributed by atoms with Crippen molar-refractivity contribution in [2.75, 3.05) is 32.1 Å². The van der Waals surface area contributed by atoms with E-state index in [0.717, 1.165) is 17.9 Å². The summed E-state index contributed by atoms with van der Waals surface area (Å²) < 4.78 is 10.5. The minimum atomic E-state index is -0.472. The van der Waals surface area contributed by atoms with Gasteiger partial charge in [0.05, 0.1) is 7.11 Å². The zero-order valence-electron chi connectivity index (χ0n) is 15.4. The van der Waals surface area contributed by atoms with Crippen LogP contribution in [0.1, 0.15) is 27.2 Å². The summed E-state index contributed by atoms with van der Waals surface area (Å²) in [6.45, 7) is 7.53. The van der Waals surface area contributed by atoms with E-state index in [9.17, 15) is 4.79 Å². The van der Waals surface area contributed by atoms with Crippen LogP contribution in [0.3, 0.4) is 0 Å². The molecular formula is C18H28N4O3. The highest BCUT2D eigenvalue weighted by molar-refractivity contribution is 5.92. The molecule has 1 aromatic rings. The minimum Gasteiger partial charge on any atom is -0.497 e. The zero-order chi connectivity index (χ0) is 18.4. The predicted octanol–water partition coefficient (Wildman–Crippen LogP) is 2.68. The quantitative estimate of drug-likeness (QED) is 0.645. The Kier molecular flexibility index (Phi) is 6.12. The van der Waals surface area contributed by atoms with E-state index < -0.39 is 5.60 Å². The van der Waals surface area contributed by atoms with Gasteiger partial charge >= 0.3 is 6.09 Å². The number of nitrogens with zero attached hydrogens (tertiary/aromatic N) is 2. The number of nitrogens with one attached hydrogen (secondary N) is 1. The molecule has 1 saturated heterocycles. The highest BCUT2D eigenvalue weighted by atomic mass is 16.6. The monoisotopic (exact) mass is 348 g/mol. The molecule has 2 rings (SSSR count). The minimum absolute atomic E-state index is 0.261. The highest BCUT2D eigenvalue weighted by Gasteiger charge is 2.29. The number of hydrogen-bond acceptors (Lipinski definition) is 4. The van der Waals surface area contributed by atoms with E-state index in [1.165, 1.54) is 0 Å². The molecule has 1 aliphatic heterocycles. The van der Waals surface area contributed by atoms with Crippen LogP contribution in [0.25, 0.3) is 0 Å². The van der Waals surface area contributed by atoms with E-state index in [1.807, 2.05) is 45.0 Å². The van der Waals surface area contributed by atoms with Gasteiger partial charge in [0, 0.05) is 25.3 Å². The molecule has 0 radical (unpaired) electrons. The van der Waals surface area contributed by atoms with Crippen LogP contribution in [0, 0.1) is 5.92 Å². The molecule has 1 heterocycles. The summed E-state index contributed by atoms with van der Waals surface area (Å²) in [4.78, 5) is 18.2. The Morgan fingerprint density at radius 2 is 2.04 bits per heavy atom. The second-order valence-corrected chi connectivity index (χ2v) is 7.16. The van der Waals surface area contributed by atoms with Crippen molar-refractivity contribution in [3.8, 4) is 5.75 Å². The van der Waals surface area contributed by atoms with Crippen molar-refractivity contribution >= 4 is 17.7 Å². The fourth-order valence-corrected chi connectivity index (χ4v) is 2.56. The number of benzene rings is 1. The Labute approximate surface area is 149 Å². The maximum Gasteiger partial charge on any atom is 0.410 e. The molecular weight excluding hydrogens is 320 g/mol. The standard InChI is InChI=1S/C18H28N4O3/c1-18(2,3)25-17(23)22-10-9-13(12-22)11-20-16(19)21-14-5-7-15(24-4)8-6-14/h5-8,13H,9-12H2,1-4H3,(H3,19,20,21). The molecule has 7 nitrogen and oxygen atoms in total. The van der Waals surface area contributed by atoms with Crippen LogP contribution in [0.5, 0.6) is 5.75 Å². The van der Waals surface area contributed by atoms with Crippen LogP contribution in [0.4, 0.5) is 10.5 Å². The lowest BCUT2D eigenvalue weighted by atomic mass is 10.1. The molecule has 25 heavy (non-hydrogen) atoms. The Morgan fingerprint density at radius 3 is 2.64 bits per heavy atom. The van der Waals surface area contributed by atoms with Gasteiger partial charge in [-0.2, -0.15) is 0 Å². The lowest BCUT2D eigenvalue weighted by Crippen LogP contribution is -2.35. The summed E-state index contributed by atoms with van der Waals surface area (Å²) in [5, 5.41) is 3.05. The largest absolute Gasteiger partial charge is 0.497 e. The molecule has 0 aromatic heterocycles. The van der Waals surface area contributed by atoms with E-state index in [1.54, 1.807) is 12.0 Å². The molecule has 0 aliphatic carbocycles. The van der Waals surface area contributed by atoms with Gasteiger partial charge in [-0.1, -0.05) is 0 Å². The van der Waals surface area contributed by atoms with Gasteiger partial charge in [-0.3, -0.25) is 4.99 Å². The third-order valence-corrected chi connectivity index (χ3v) is 3.82. The fraction of sp³-hybridized carbons (Fsp3) is 0.556. The van der Waals surface area contributed by atoms with Gasteiger partial charge in [0.25, 0.3) is 0 Å². The normalized spacial score (nSPS) is 18.2. The first-order valence-corrected chi connectivity index (χ1v) is 8.46. The van der Waals surface area contributed by atoms with Gasteiger partial charge in [-0.05, 0) is 57.4 Å². The van der Waals surface area contributed by atoms with Crippen molar-refractivity contribution in [2.45, 2.75) is 32.8 Å². The maximum atomic E-state index is 12.1. The third kappa shape index (κ3) is 6.17. The van der Waals surface area contributed by atoms with Crippen LogP contribution >= 0.6 is 0 Å². The number of guanidine groups is 1. The number of hydrogen-bond donors (Lipinski definition) is 2. The third-order valence-electron chi connectivity index (χ3n) is 3.82. The van der Waals surface area contributed by atoms with Crippen LogP contribution in [0.2, 0.25) is 0 Å². The van der Waals surface area contributed by atoms with Crippen LogP contribution in [-0.2, 0) is 4.74 Å². The lowest BCUT2D eigenvalue weighted by Gasteiger charge is -2.24. The molecule has 0 bridgehead atoms. The van der Waals surface area contributed by atoms with E-state index >= 15 is 0 Å². The molecule has 1 atom stereocenters. The topological polar surface area (TPSA) is 89.2 Å². The Morgan fingerprint density at radius 1 is 1.36 bits per heavy atom. The van der Waals surface area contributed by atoms with Crippen LogP contribution < -0.4 is 15.8 Å². The number of anilines is 1.